The van der Waals surface area contributed by atoms with Crippen LogP contribution in [0.5, 0.6) is 0 Å². The molecule has 0 bridgehead atoms. The Balaban J connectivity index is 2.01. The monoisotopic (exact) mass is 256 g/mol. The van der Waals surface area contributed by atoms with Crippen molar-refractivity contribution in [1.82, 2.24) is 4.90 Å². The van der Waals surface area contributed by atoms with E-state index in [2.05, 4.69) is 11.8 Å². The van der Waals surface area contributed by atoms with Crippen molar-refractivity contribution in [1.29, 1.82) is 0 Å². The molecule has 94 valence electrons. The molecule has 2 nitrogen and oxygen atoms in total. The average molecular weight is 257 g/mol. The molecule has 2 rings (SSSR count). The number of nitrogens with two attached hydrogens (primary N) is 1. The Morgan fingerprint density at radius 3 is 2.94 bits per heavy atom. The van der Waals surface area contributed by atoms with Crippen LogP contribution in [0.25, 0.3) is 0 Å². The van der Waals surface area contributed by atoms with Crippen molar-refractivity contribution in [3.63, 3.8) is 0 Å². The molecule has 0 radical (unpaired) electrons. The van der Waals surface area contributed by atoms with E-state index in [0.29, 0.717) is 10.9 Å². The van der Waals surface area contributed by atoms with E-state index < -0.39 is 0 Å². The first-order valence-corrected chi connectivity index (χ1v) is 6.36. The molecule has 2 unspecified atom stereocenters. The van der Waals surface area contributed by atoms with Crippen LogP contribution in [-0.4, -0.2) is 24.0 Å². The first-order chi connectivity index (χ1) is 8.06. The molecule has 1 aromatic rings. The molecule has 17 heavy (non-hydrogen) atoms. The molecular weight excluding hydrogens is 239 g/mol. The van der Waals surface area contributed by atoms with Gasteiger partial charge < -0.3 is 5.73 Å². The molecule has 0 amide bonds. The Bertz CT molecular complexity index is 397. The number of hydrogen-bond donors (Lipinski definition) is 1. The highest BCUT2D eigenvalue weighted by atomic mass is 35.5. The second-order valence-corrected chi connectivity index (χ2v) is 5.31. The molecule has 2 N–H and O–H groups in total. The van der Waals surface area contributed by atoms with E-state index in [9.17, 15) is 4.39 Å². The van der Waals surface area contributed by atoms with E-state index in [-0.39, 0.29) is 11.9 Å². The summed E-state index contributed by atoms with van der Waals surface area (Å²) in [5.41, 5.74) is 7.02. The molecule has 1 aromatic carbocycles. The van der Waals surface area contributed by atoms with Crippen molar-refractivity contribution in [3.05, 3.63) is 34.6 Å². The summed E-state index contributed by atoms with van der Waals surface area (Å²) in [6.07, 6.45) is 1.11. The van der Waals surface area contributed by atoms with Gasteiger partial charge in [0.05, 0.1) is 0 Å². The topological polar surface area (TPSA) is 29.3 Å². The SMILES string of the molecule is CC1CCN(Cc2ccc(F)cc2Cl)CC1N. The molecule has 1 aliphatic rings. The van der Waals surface area contributed by atoms with Gasteiger partial charge in [0.1, 0.15) is 5.82 Å². The Labute approximate surface area is 107 Å². The molecule has 1 fully saturated rings. The van der Waals surface area contributed by atoms with Crippen molar-refractivity contribution in [2.24, 2.45) is 11.7 Å². The quantitative estimate of drug-likeness (QED) is 0.882. The summed E-state index contributed by atoms with van der Waals surface area (Å²) in [6, 6.07) is 4.79. The highest BCUT2D eigenvalue weighted by Crippen LogP contribution is 2.22. The summed E-state index contributed by atoms with van der Waals surface area (Å²) in [7, 11) is 0. The maximum atomic E-state index is 12.9. The van der Waals surface area contributed by atoms with Gasteiger partial charge in [0.15, 0.2) is 0 Å². The van der Waals surface area contributed by atoms with Gasteiger partial charge in [-0.3, -0.25) is 4.90 Å². The molecule has 0 aromatic heterocycles. The van der Waals surface area contributed by atoms with Crippen LogP contribution >= 0.6 is 11.6 Å². The van der Waals surface area contributed by atoms with Gasteiger partial charge in [0, 0.05) is 24.2 Å². The molecule has 4 heteroatoms. The van der Waals surface area contributed by atoms with Gasteiger partial charge in [-0.1, -0.05) is 24.6 Å². The van der Waals surface area contributed by atoms with Crippen molar-refractivity contribution < 1.29 is 4.39 Å². The third-order valence-corrected chi connectivity index (χ3v) is 3.86. The summed E-state index contributed by atoms with van der Waals surface area (Å²) in [4.78, 5) is 2.28. The first kappa shape index (κ1) is 12.8. The number of hydrogen-bond acceptors (Lipinski definition) is 2. The van der Waals surface area contributed by atoms with E-state index in [4.69, 9.17) is 17.3 Å². The van der Waals surface area contributed by atoms with E-state index in [1.165, 1.54) is 12.1 Å². The number of benzene rings is 1. The van der Waals surface area contributed by atoms with Crippen molar-refractivity contribution >= 4 is 11.6 Å². The Kier molecular flexibility index (Phi) is 4.02. The van der Waals surface area contributed by atoms with Gasteiger partial charge in [0.2, 0.25) is 0 Å². The van der Waals surface area contributed by atoms with Crippen LogP contribution in [0.15, 0.2) is 18.2 Å². The van der Waals surface area contributed by atoms with Gasteiger partial charge in [0.25, 0.3) is 0 Å². The highest BCUT2D eigenvalue weighted by Gasteiger charge is 2.23. The minimum Gasteiger partial charge on any atom is -0.326 e. The van der Waals surface area contributed by atoms with Gasteiger partial charge in [-0.15, -0.1) is 0 Å². The van der Waals surface area contributed by atoms with Crippen LogP contribution in [0, 0.1) is 11.7 Å². The lowest BCUT2D eigenvalue weighted by Crippen LogP contribution is -2.47. The summed E-state index contributed by atoms with van der Waals surface area (Å²) >= 11 is 6.02. The van der Waals surface area contributed by atoms with Crippen LogP contribution < -0.4 is 5.73 Å². The second-order valence-electron chi connectivity index (χ2n) is 4.90. The normalized spacial score (nSPS) is 26.1. The fourth-order valence-corrected chi connectivity index (χ4v) is 2.43. The minimum atomic E-state index is -0.289. The molecule has 1 heterocycles. The molecule has 1 aliphatic heterocycles. The predicted molar refractivity (Wildman–Crippen MR) is 68.4 cm³/mol. The molecular formula is C13H18ClFN2. The second kappa shape index (κ2) is 5.34. The highest BCUT2D eigenvalue weighted by molar-refractivity contribution is 6.31. The number of rotatable bonds is 2. The average Bonchev–Trinajstić information content (AvgIpc) is 2.27. The molecule has 0 saturated carbocycles. The Morgan fingerprint density at radius 1 is 1.53 bits per heavy atom. The van der Waals surface area contributed by atoms with Crippen molar-refractivity contribution in [2.75, 3.05) is 13.1 Å². The van der Waals surface area contributed by atoms with Crippen LogP contribution in [0.1, 0.15) is 18.9 Å². The first-order valence-electron chi connectivity index (χ1n) is 5.98. The summed E-state index contributed by atoms with van der Waals surface area (Å²) in [6.45, 7) is 4.85. The summed E-state index contributed by atoms with van der Waals surface area (Å²) < 4.78 is 12.9. The van der Waals surface area contributed by atoms with Crippen LogP contribution in [0.4, 0.5) is 4.39 Å². The predicted octanol–water partition coefficient (Wildman–Crippen LogP) is 2.65. The molecule has 2 atom stereocenters. The van der Waals surface area contributed by atoms with Crippen molar-refractivity contribution in [3.8, 4) is 0 Å². The molecule has 0 aliphatic carbocycles. The van der Waals surface area contributed by atoms with E-state index >= 15 is 0 Å². The largest absolute Gasteiger partial charge is 0.326 e. The lowest BCUT2D eigenvalue weighted by molar-refractivity contribution is 0.162. The standard InChI is InChI=1S/C13H18ClFN2/c1-9-4-5-17(8-13(9)16)7-10-2-3-11(15)6-12(10)14/h2-3,6,9,13H,4-5,7-8,16H2,1H3. The van der Waals surface area contributed by atoms with E-state index in [1.807, 2.05) is 0 Å². The van der Waals surface area contributed by atoms with Gasteiger partial charge >= 0.3 is 0 Å². The van der Waals surface area contributed by atoms with Gasteiger partial charge in [-0.2, -0.15) is 0 Å². The fourth-order valence-electron chi connectivity index (χ4n) is 2.20. The number of nitrogens with zero attached hydrogens (tertiary/aromatic N) is 1. The van der Waals surface area contributed by atoms with Crippen LogP contribution in [0.2, 0.25) is 5.02 Å². The molecule has 1 saturated heterocycles. The third kappa shape index (κ3) is 3.18. The Hall–Kier alpha value is -0.640. The Morgan fingerprint density at radius 2 is 2.29 bits per heavy atom. The lowest BCUT2D eigenvalue weighted by atomic mass is 9.94. The number of likely N-dealkylation sites (tertiary alicyclic amines) is 1. The smallest absolute Gasteiger partial charge is 0.124 e. The zero-order valence-electron chi connectivity index (χ0n) is 10.00. The summed E-state index contributed by atoms with van der Waals surface area (Å²) in [5, 5.41) is 0.497. The third-order valence-electron chi connectivity index (χ3n) is 3.51. The number of halogens is 2. The van der Waals surface area contributed by atoms with E-state index in [0.717, 1.165) is 31.6 Å². The summed E-state index contributed by atoms with van der Waals surface area (Å²) in [5.74, 6) is 0.289. The maximum Gasteiger partial charge on any atom is 0.124 e. The zero-order chi connectivity index (χ0) is 12.4. The van der Waals surface area contributed by atoms with Crippen molar-refractivity contribution in [2.45, 2.75) is 25.9 Å². The minimum absolute atomic E-state index is 0.225. The van der Waals surface area contributed by atoms with Gasteiger partial charge in [-0.05, 0) is 36.6 Å². The zero-order valence-corrected chi connectivity index (χ0v) is 10.8. The van der Waals surface area contributed by atoms with Crippen LogP contribution in [0.3, 0.4) is 0 Å². The van der Waals surface area contributed by atoms with Crippen LogP contribution in [-0.2, 0) is 6.54 Å². The number of piperidine rings is 1. The van der Waals surface area contributed by atoms with E-state index in [1.54, 1.807) is 6.07 Å². The fraction of sp³-hybridized carbons (Fsp3) is 0.538. The maximum absolute atomic E-state index is 12.9. The lowest BCUT2D eigenvalue weighted by Gasteiger charge is -2.35. The van der Waals surface area contributed by atoms with Gasteiger partial charge in [-0.25, -0.2) is 4.39 Å². The molecule has 0 spiro atoms.